The number of amidine groups is 1. The van der Waals surface area contributed by atoms with E-state index in [4.69, 9.17) is 16.3 Å². The topological polar surface area (TPSA) is 59.0 Å². The number of amides is 1. The summed E-state index contributed by atoms with van der Waals surface area (Å²) in [6, 6.07) is 6.64. The fraction of sp³-hybridized carbons (Fsp3) is 0.421. The Bertz CT molecular complexity index is 819. The molecule has 0 saturated carbocycles. The predicted molar refractivity (Wildman–Crippen MR) is 104 cm³/mol. The summed E-state index contributed by atoms with van der Waals surface area (Å²) in [5.74, 6) is -0.294. The Kier molecular flexibility index (Phi) is 5.44. The number of hydrogen-bond donors (Lipinski definition) is 0. The SMILES string of the molecule is CC1=C(C(=O)OCC(C)C)[C@@H](c2cccc(Cl)c2)N2C(=O)[C@@H](C)SC2=N1. The van der Waals surface area contributed by atoms with Crippen molar-refractivity contribution >= 4 is 40.4 Å². The van der Waals surface area contributed by atoms with Crippen LogP contribution in [-0.4, -0.2) is 33.8 Å². The van der Waals surface area contributed by atoms with Crippen LogP contribution in [-0.2, 0) is 14.3 Å². The van der Waals surface area contributed by atoms with Gasteiger partial charge in [-0.1, -0.05) is 49.3 Å². The summed E-state index contributed by atoms with van der Waals surface area (Å²) in [7, 11) is 0. The summed E-state index contributed by atoms with van der Waals surface area (Å²) in [5, 5.41) is 0.922. The molecule has 138 valence electrons. The molecular weight excluding hydrogens is 372 g/mol. The van der Waals surface area contributed by atoms with Crippen LogP contribution in [0.25, 0.3) is 0 Å². The molecule has 2 heterocycles. The van der Waals surface area contributed by atoms with Crippen molar-refractivity contribution in [3.05, 3.63) is 46.1 Å². The Morgan fingerprint density at radius 1 is 1.42 bits per heavy atom. The number of ether oxygens (including phenoxy) is 1. The Balaban J connectivity index is 2.08. The summed E-state index contributed by atoms with van der Waals surface area (Å²) in [4.78, 5) is 31.7. The van der Waals surface area contributed by atoms with Crippen molar-refractivity contribution in [2.24, 2.45) is 10.9 Å². The fourth-order valence-electron chi connectivity index (χ4n) is 2.98. The zero-order valence-corrected chi connectivity index (χ0v) is 16.7. The number of allylic oxidation sites excluding steroid dienone is 1. The van der Waals surface area contributed by atoms with Crippen LogP contribution in [0.5, 0.6) is 0 Å². The number of aliphatic imine (C=N–C) groups is 1. The largest absolute Gasteiger partial charge is 0.462 e. The zero-order valence-electron chi connectivity index (χ0n) is 15.2. The fourth-order valence-corrected chi connectivity index (χ4v) is 4.20. The van der Waals surface area contributed by atoms with Gasteiger partial charge in [0.1, 0.15) is 0 Å². The molecule has 1 saturated heterocycles. The highest BCUT2D eigenvalue weighted by atomic mass is 35.5. The van der Waals surface area contributed by atoms with Gasteiger partial charge in [-0.25, -0.2) is 9.79 Å². The van der Waals surface area contributed by atoms with Gasteiger partial charge in [0.15, 0.2) is 5.17 Å². The number of nitrogens with zero attached hydrogens (tertiary/aromatic N) is 2. The van der Waals surface area contributed by atoms with E-state index in [-0.39, 0.29) is 17.1 Å². The summed E-state index contributed by atoms with van der Waals surface area (Å²) in [5.41, 5.74) is 1.73. The van der Waals surface area contributed by atoms with Crippen LogP contribution in [0.3, 0.4) is 0 Å². The van der Waals surface area contributed by atoms with E-state index in [0.29, 0.717) is 28.1 Å². The van der Waals surface area contributed by atoms with Crippen molar-refractivity contribution in [3.63, 3.8) is 0 Å². The van der Waals surface area contributed by atoms with Gasteiger partial charge in [0.25, 0.3) is 0 Å². The standard InChI is InChI=1S/C19H21ClN2O3S/c1-10(2)9-25-18(24)15-11(3)21-19-22(17(23)12(4)26-19)16(15)13-6-5-7-14(20)8-13/h5-8,10,12,16H,9H2,1-4H3/t12-,16-/m1/s1. The van der Waals surface area contributed by atoms with Gasteiger partial charge >= 0.3 is 5.97 Å². The molecule has 0 unspecified atom stereocenters. The molecule has 2 aliphatic rings. The van der Waals surface area contributed by atoms with Crippen LogP contribution in [0.2, 0.25) is 5.02 Å². The second-order valence-corrected chi connectivity index (χ2v) is 8.56. The van der Waals surface area contributed by atoms with E-state index in [0.717, 1.165) is 5.56 Å². The van der Waals surface area contributed by atoms with E-state index in [2.05, 4.69) is 4.99 Å². The van der Waals surface area contributed by atoms with E-state index >= 15 is 0 Å². The maximum atomic E-state index is 12.8. The molecule has 26 heavy (non-hydrogen) atoms. The molecule has 1 fully saturated rings. The van der Waals surface area contributed by atoms with Crippen molar-refractivity contribution in [3.8, 4) is 0 Å². The molecule has 2 atom stereocenters. The first kappa shape index (κ1) is 19.0. The number of rotatable bonds is 4. The monoisotopic (exact) mass is 392 g/mol. The lowest BCUT2D eigenvalue weighted by molar-refractivity contribution is -0.141. The lowest BCUT2D eigenvalue weighted by Gasteiger charge is -2.33. The third-order valence-corrected chi connectivity index (χ3v) is 5.48. The second kappa shape index (κ2) is 7.45. The van der Waals surface area contributed by atoms with Gasteiger partial charge in [0.2, 0.25) is 5.91 Å². The first-order valence-electron chi connectivity index (χ1n) is 8.51. The zero-order chi connectivity index (χ0) is 19.0. The van der Waals surface area contributed by atoms with Crippen LogP contribution < -0.4 is 0 Å². The van der Waals surface area contributed by atoms with Crippen LogP contribution in [0.15, 0.2) is 40.5 Å². The van der Waals surface area contributed by atoms with Crippen LogP contribution in [0.1, 0.15) is 39.3 Å². The maximum Gasteiger partial charge on any atom is 0.338 e. The first-order valence-corrected chi connectivity index (χ1v) is 9.77. The van der Waals surface area contributed by atoms with Crippen LogP contribution in [0, 0.1) is 5.92 Å². The van der Waals surface area contributed by atoms with E-state index in [1.807, 2.05) is 32.9 Å². The summed E-state index contributed by atoms with van der Waals surface area (Å²) in [6.07, 6.45) is 0. The van der Waals surface area contributed by atoms with Crippen molar-refractivity contribution in [2.75, 3.05) is 6.61 Å². The first-order chi connectivity index (χ1) is 12.3. The molecule has 7 heteroatoms. The lowest BCUT2D eigenvalue weighted by Crippen LogP contribution is -2.40. The minimum Gasteiger partial charge on any atom is -0.462 e. The van der Waals surface area contributed by atoms with Gasteiger partial charge in [0, 0.05) is 5.02 Å². The van der Waals surface area contributed by atoms with Crippen molar-refractivity contribution in [2.45, 2.75) is 39.0 Å². The Labute approximate surface area is 162 Å². The van der Waals surface area contributed by atoms with Gasteiger partial charge in [-0.2, -0.15) is 0 Å². The molecule has 5 nitrogen and oxygen atoms in total. The van der Waals surface area contributed by atoms with E-state index in [9.17, 15) is 9.59 Å². The summed E-state index contributed by atoms with van der Waals surface area (Å²) >= 11 is 7.57. The quantitative estimate of drug-likeness (QED) is 0.721. The highest BCUT2D eigenvalue weighted by Gasteiger charge is 2.46. The third kappa shape index (κ3) is 3.53. The molecule has 1 aromatic carbocycles. The Hall–Kier alpha value is -1.79. The molecule has 1 amide bonds. The summed E-state index contributed by atoms with van der Waals surface area (Å²) in [6.45, 7) is 7.88. The smallest absolute Gasteiger partial charge is 0.338 e. The average Bonchev–Trinajstić information content (AvgIpc) is 2.85. The molecular formula is C19H21ClN2O3S. The minimum atomic E-state index is -0.578. The van der Waals surface area contributed by atoms with Gasteiger partial charge in [-0.15, -0.1) is 0 Å². The maximum absolute atomic E-state index is 12.8. The van der Waals surface area contributed by atoms with Crippen LogP contribution in [0.4, 0.5) is 0 Å². The number of hydrogen-bond acceptors (Lipinski definition) is 5. The molecule has 1 aromatic rings. The molecule has 0 spiro atoms. The normalized spacial score (nSPS) is 22.6. The number of carbonyl (C=O) groups excluding carboxylic acids is 2. The molecule has 0 bridgehead atoms. The van der Waals surface area contributed by atoms with Gasteiger partial charge in [-0.05, 0) is 37.5 Å². The van der Waals surface area contributed by atoms with Crippen molar-refractivity contribution < 1.29 is 14.3 Å². The molecule has 3 rings (SSSR count). The van der Waals surface area contributed by atoms with Crippen LogP contribution >= 0.6 is 23.4 Å². The number of halogens is 1. The number of carbonyl (C=O) groups is 2. The van der Waals surface area contributed by atoms with Gasteiger partial charge in [-0.3, -0.25) is 9.69 Å². The molecule has 0 aromatic heterocycles. The molecule has 2 aliphatic heterocycles. The average molecular weight is 393 g/mol. The van der Waals surface area contributed by atoms with Crippen molar-refractivity contribution in [1.82, 2.24) is 4.90 Å². The van der Waals surface area contributed by atoms with E-state index in [1.54, 1.807) is 24.0 Å². The second-order valence-electron chi connectivity index (χ2n) is 6.81. The highest BCUT2D eigenvalue weighted by Crippen LogP contribution is 2.43. The molecule has 0 aliphatic carbocycles. The molecule has 0 radical (unpaired) electrons. The molecule has 0 N–H and O–H groups in total. The van der Waals surface area contributed by atoms with E-state index < -0.39 is 12.0 Å². The third-order valence-electron chi connectivity index (χ3n) is 4.19. The number of esters is 1. The van der Waals surface area contributed by atoms with Gasteiger partial charge in [0.05, 0.1) is 29.2 Å². The van der Waals surface area contributed by atoms with Crippen molar-refractivity contribution in [1.29, 1.82) is 0 Å². The van der Waals surface area contributed by atoms with Gasteiger partial charge < -0.3 is 4.74 Å². The number of fused-ring (bicyclic) bond motifs is 1. The lowest BCUT2D eigenvalue weighted by atomic mass is 9.94. The minimum absolute atomic E-state index is 0.0691. The number of thioether (sulfide) groups is 1. The predicted octanol–water partition coefficient (Wildman–Crippen LogP) is 4.19. The number of benzene rings is 1. The Morgan fingerprint density at radius 3 is 2.81 bits per heavy atom. The highest BCUT2D eigenvalue weighted by molar-refractivity contribution is 8.15. The Morgan fingerprint density at radius 2 is 2.15 bits per heavy atom. The summed E-state index contributed by atoms with van der Waals surface area (Å²) < 4.78 is 5.46. The van der Waals surface area contributed by atoms with E-state index in [1.165, 1.54) is 11.8 Å².